The maximum atomic E-state index is 5.66. The number of hydrogen-bond donors (Lipinski definition) is 2. The first-order valence-electron chi connectivity index (χ1n) is 8.40. The van der Waals surface area contributed by atoms with Gasteiger partial charge in [-0.05, 0) is 19.1 Å². The molecule has 0 bridgehead atoms. The van der Waals surface area contributed by atoms with Gasteiger partial charge >= 0.3 is 0 Å². The van der Waals surface area contributed by atoms with E-state index in [-0.39, 0.29) is 24.0 Å². The average molecular weight is 458 g/mol. The van der Waals surface area contributed by atoms with Crippen LogP contribution >= 0.6 is 24.0 Å². The molecule has 0 aliphatic heterocycles. The lowest BCUT2D eigenvalue weighted by molar-refractivity contribution is 0.322. The highest BCUT2D eigenvalue weighted by molar-refractivity contribution is 14.0. The number of hydrogen-bond acceptors (Lipinski definition) is 4. The summed E-state index contributed by atoms with van der Waals surface area (Å²) < 4.78 is 7.70. The predicted octanol–water partition coefficient (Wildman–Crippen LogP) is 2.09. The Kier molecular flexibility index (Phi) is 10.6. The van der Waals surface area contributed by atoms with Crippen LogP contribution in [0.15, 0.2) is 41.7 Å². The number of nitrogens with zero attached hydrogens (tertiary/aromatic N) is 4. The fourth-order valence-electron chi connectivity index (χ4n) is 2.21. The van der Waals surface area contributed by atoms with Gasteiger partial charge in [-0.1, -0.05) is 25.1 Å². The Morgan fingerprint density at radius 2 is 2.00 bits per heavy atom. The summed E-state index contributed by atoms with van der Waals surface area (Å²) in [5.74, 6) is 2.65. The van der Waals surface area contributed by atoms with Crippen molar-refractivity contribution in [2.45, 2.75) is 26.8 Å². The Labute approximate surface area is 166 Å². The Morgan fingerprint density at radius 3 is 2.72 bits per heavy atom. The van der Waals surface area contributed by atoms with E-state index in [0.29, 0.717) is 19.7 Å². The third kappa shape index (κ3) is 7.72. The minimum Gasteiger partial charge on any atom is -0.492 e. The number of aryl methyl sites for hydroxylation is 1. The highest BCUT2D eigenvalue weighted by Gasteiger charge is 2.01. The Hall–Kier alpha value is -1.84. The fourth-order valence-corrected chi connectivity index (χ4v) is 2.21. The van der Waals surface area contributed by atoms with E-state index in [1.165, 1.54) is 0 Å². The van der Waals surface area contributed by atoms with Crippen molar-refractivity contribution in [3.05, 3.63) is 42.5 Å². The van der Waals surface area contributed by atoms with Gasteiger partial charge in [-0.15, -0.1) is 34.2 Å². The molecule has 0 atom stereocenters. The zero-order valence-electron chi connectivity index (χ0n) is 14.8. The van der Waals surface area contributed by atoms with Crippen molar-refractivity contribution in [2.24, 2.45) is 4.99 Å². The van der Waals surface area contributed by atoms with E-state index in [1.54, 1.807) is 6.33 Å². The summed E-state index contributed by atoms with van der Waals surface area (Å²) in [6.07, 6.45) is 2.63. The second kappa shape index (κ2) is 12.5. The molecule has 0 aliphatic rings. The summed E-state index contributed by atoms with van der Waals surface area (Å²) in [6, 6.07) is 9.79. The van der Waals surface area contributed by atoms with Gasteiger partial charge in [-0.2, -0.15) is 0 Å². The lowest BCUT2D eigenvalue weighted by Gasteiger charge is -2.12. The second-order valence-corrected chi connectivity index (χ2v) is 5.14. The van der Waals surface area contributed by atoms with Crippen LogP contribution in [-0.2, 0) is 13.0 Å². The quantitative estimate of drug-likeness (QED) is 0.261. The minimum atomic E-state index is 0. The van der Waals surface area contributed by atoms with Gasteiger partial charge in [-0.3, -0.25) is 4.99 Å². The zero-order valence-corrected chi connectivity index (χ0v) is 17.1. The van der Waals surface area contributed by atoms with Gasteiger partial charge in [0.25, 0.3) is 0 Å². The fraction of sp³-hybridized carbons (Fsp3) is 0.471. The van der Waals surface area contributed by atoms with E-state index in [1.807, 2.05) is 41.8 Å². The lowest BCUT2D eigenvalue weighted by atomic mass is 10.3. The molecule has 2 aromatic rings. The first kappa shape index (κ1) is 21.2. The first-order valence-corrected chi connectivity index (χ1v) is 8.40. The molecule has 1 aromatic carbocycles. The number of nitrogens with one attached hydrogen (secondary N) is 2. The van der Waals surface area contributed by atoms with Crippen molar-refractivity contribution in [2.75, 3.05) is 26.2 Å². The van der Waals surface area contributed by atoms with Crippen molar-refractivity contribution < 1.29 is 4.74 Å². The van der Waals surface area contributed by atoms with Crippen molar-refractivity contribution in [1.29, 1.82) is 0 Å². The minimum absolute atomic E-state index is 0. The van der Waals surface area contributed by atoms with Crippen LogP contribution in [0.4, 0.5) is 0 Å². The molecule has 0 saturated carbocycles. The lowest BCUT2D eigenvalue weighted by Crippen LogP contribution is -2.39. The summed E-state index contributed by atoms with van der Waals surface area (Å²) in [6.45, 7) is 7.65. The molecule has 2 N–H and O–H groups in total. The van der Waals surface area contributed by atoms with E-state index in [4.69, 9.17) is 4.74 Å². The summed E-state index contributed by atoms with van der Waals surface area (Å²) in [5.41, 5.74) is 0. The van der Waals surface area contributed by atoms with Crippen LogP contribution in [-0.4, -0.2) is 47.0 Å². The number of ether oxygens (including phenoxy) is 1. The molecule has 25 heavy (non-hydrogen) atoms. The van der Waals surface area contributed by atoms with Crippen molar-refractivity contribution in [3.63, 3.8) is 0 Å². The van der Waals surface area contributed by atoms with Crippen LogP contribution in [0.2, 0.25) is 0 Å². The number of aliphatic imine (C=N–C) groups is 1. The number of benzene rings is 1. The highest BCUT2D eigenvalue weighted by atomic mass is 127. The number of rotatable bonds is 9. The third-order valence-corrected chi connectivity index (χ3v) is 3.37. The molecule has 1 aromatic heterocycles. The maximum absolute atomic E-state index is 5.66. The van der Waals surface area contributed by atoms with Crippen molar-refractivity contribution >= 4 is 29.9 Å². The molecule has 0 amide bonds. The highest BCUT2D eigenvalue weighted by Crippen LogP contribution is 2.07. The molecule has 2 rings (SSSR count). The number of guanidine groups is 1. The molecule has 0 aliphatic carbocycles. The van der Waals surface area contributed by atoms with Crippen LogP contribution in [0, 0.1) is 0 Å². The molecule has 0 radical (unpaired) electrons. The van der Waals surface area contributed by atoms with E-state index >= 15 is 0 Å². The average Bonchev–Trinajstić information content (AvgIpc) is 3.07. The van der Waals surface area contributed by atoms with Gasteiger partial charge in [0.2, 0.25) is 0 Å². The smallest absolute Gasteiger partial charge is 0.191 e. The summed E-state index contributed by atoms with van der Waals surface area (Å²) >= 11 is 0. The van der Waals surface area contributed by atoms with Crippen LogP contribution in [0.5, 0.6) is 5.75 Å². The SMILES string of the molecule is CCNC(=NCCn1cnnc1CC)NCCOc1ccccc1.I. The van der Waals surface area contributed by atoms with Crippen molar-refractivity contribution in [3.8, 4) is 5.75 Å². The molecule has 138 valence electrons. The van der Waals surface area contributed by atoms with Gasteiger partial charge in [-0.25, -0.2) is 0 Å². The first-order chi connectivity index (χ1) is 11.8. The maximum Gasteiger partial charge on any atom is 0.191 e. The van der Waals surface area contributed by atoms with Gasteiger partial charge in [0, 0.05) is 19.5 Å². The number of halogens is 1. The van der Waals surface area contributed by atoms with Crippen LogP contribution in [0.25, 0.3) is 0 Å². The van der Waals surface area contributed by atoms with E-state index in [0.717, 1.165) is 37.0 Å². The molecule has 0 saturated heterocycles. The summed E-state index contributed by atoms with van der Waals surface area (Å²) in [7, 11) is 0. The number of para-hydroxylation sites is 1. The van der Waals surface area contributed by atoms with Crippen molar-refractivity contribution in [1.82, 2.24) is 25.4 Å². The normalized spacial score (nSPS) is 10.9. The van der Waals surface area contributed by atoms with Gasteiger partial charge in [0.05, 0.1) is 13.1 Å². The molecular weight excluding hydrogens is 431 g/mol. The molecule has 0 unspecified atom stereocenters. The second-order valence-electron chi connectivity index (χ2n) is 5.14. The predicted molar refractivity (Wildman–Crippen MR) is 111 cm³/mol. The Morgan fingerprint density at radius 1 is 1.20 bits per heavy atom. The molecule has 0 spiro atoms. The molecule has 7 nitrogen and oxygen atoms in total. The number of aromatic nitrogens is 3. The standard InChI is InChI=1S/C17H26N6O.HI/c1-3-16-22-21-14-23(16)12-10-19-17(18-4-2)20-11-13-24-15-8-6-5-7-9-15;/h5-9,14H,3-4,10-13H2,1-2H3,(H2,18,19,20);1H. The summed E-state index contributed by atoms with van der Waals surface area (Å²) in [4.78, 5) is 4.57. The van der Waals surface area contributed by atoms with E-state index < -0.39 is 0 Å². The van der Waals surface area contributed by atoms with Gasteiger partial charge in [0.1, 0.15) is 24.5 Å². The molecule has 0 fully saturated rings. The topological polar surface area (TPSA) is 76.4 Å². The van der Waals surface area contributed by atoms with Crippen LogP contribution < -0.4 is 15.4 Å². The van der Waals surface area contributed by atoms with Crippen LogP contribution in [0.3, 0.4) is 0 Å². The molecule has 1 heterocycles. The molecule has 8 heteroatoms. The summed E-state index contributed by atoms with van der Waals surface area (Å²) in [5, 5.41) is 14.5. The van der Waals surface area contributed by atoms with Gasteiger partial charge < -0.3 is 19.9 Å². The largest absolute Gasteiger partial charge is 0.492 e. The Balaban J connectivity index is 0.00000312. The van der Waals surface area contributed by atoms with Crippen LogP contribution in [0.1, 0.15) is 19.7 Å². The van der Waals surface area contributed by atoms with E-state index in [9.17, 15) is 0 Å². The third-order valence-electron chi connectivity index (χ3n) is 3.37. The molecular formula is C17H27IN6O. The monoisotopic (exact) mass is 458 g/mol. The zero-order chi connectivity index (χ0) is 17.0. The van der Waals surface area contributed by atoms with Gasteiger partial charge in [0.15, 0.2) is 5.96 Å². The van der Waals surface area contributed by atoms with E-state index in [2.05, 4.69) is 32.7 Å². The Bertz CT molecular complexity index is 617.